The molecule has 19 heavy (non-hydrogen) atoms. The number of rotatable bonds is 7. The lowest BCUT2D eigenvalue weighted by molar-refractivity contribution is -0.159. The van der Waals surface area contributed by atoms with Crippen molar-refractivity contribution >= 4 is 23.8 Å². The Morgan fingerprint density at radius 2 is 2.26 bits per heavy atom. The fraction of sp³-hybridized carbons (Fsp3) is 0.667. The fourth-order valence-electron chi connectivity index (χ4n) is 1.71. The highest BCUT2D eigenvalue weighted by atomic mass is 32.2. The van der Waals surface area contributed by atoms with Gasteiger partial charge in [0.1, 0.15) is 12.2 Å². The van der Waals surface area contributed by atoms with Crippen LogP contribution in [0.25, 0.3) is 0 Å². The Bertz CT molecular complexity index is 374. The predicted molar refractivity (Wildman–Crippen MR) is 73.1 cm³/mol. The summed E-state index contributed by atoms with van der Waals surface area (Å²) in [6.45, 7) is 2.83. The molecule has 1 rings (SSSR count). The number of nitrogens with zero attached hydrogens (tertiary/aromatic N) is 1. The quantitative estimate of drug-likeness (QED) is 0.518. The maximum absolute atomic E-state index is 11.7. The maximum Gasteiger partial charge on any atom is 0.329 e. The van der Waals surface area contributed by atoms with E-state index in [-0.39, 0.29) is 12.6 Å². The van der Waals surface area contributed by atoms with E-state index >= 15 is 0 Å². The lowest BCUT2D eigenvalue weighted by Crippen LogP contribution is -2.65. The van der Waals surface area contributed by atoms with Crippen LogP contribution in [0.4, 0.5) is 4.79 Å². The maximum atomic E-state index is 11.7. The van der Waals surface area contributed by atoms with E-state index in [4.69, 9.17) is 16.3 Å². The molecule has 7 heteroatoms. The summed E-state index contributed by atoms with van der Waals surface area (Å²) in [4.78, 5) is 23.7. The number of nitrogens with one attached hydrogen (secondary N) is 1. The normalized spacial score (nSPS) is 16.3. The van der Waals surface area contributed by atoms with E-state index < -0.39 is 11.6 Å². The van der Waals surface area contributed by atoms with Crippen LogP contribution in [0.15, 0.2) is 0 Å². The number of terminal acetylenes is 1. The molecule has 1 aliphatic rings. The first kappa shape index (κ1) is 15.7. The molecule has 0 aliphatic carbocycles. The largest absolute Gasteiger partial charge is 0.480 e. The molecule has 6 nitrogen and oxygen atoms in total. The van der Waals surface area contributed by atoms with Gasteiger partial charge < -0.3 is 20.1 Å². The third kappa shape index (κ3) is 5.41. The Morgan fingerprint density at radius 1 is 1.58 bits per heavy atom. The molecule has 0 radical (unpaired) electrons. The molecule has 1 heterocycles. The molecule has 1 fully saturated rings. The van der Waals surface area contributed by atoms with Crippen molar-refractivity contribution in [1.29, 1.82) is 0 Å². The molecule has 0 unspecified atom stereocenters. The first-order chi connectivity index (χ1) is 8.97. The van der Waals surface area contributed by atoms with E-state index in [1.54, 1.807) is 23.6 Å². The zero-order valence-electron chi connectivity index (χ0n) is 10.8. The van der Waals surface area contributed by atoms with E-state index in [1.807, 2.05) is 0 Å². The number of carboxylic acid groups (broad SMARTS) is 1. The van der Waals surface area contributed by atoms with Crippen molar-refractivity contribution in [2.75, 3.05) is 37.7 Å². The van der Waals surface area contributed by atoms with E-state index in [0.717, 1.165) is 5.75 Å². The molecule has 2 amide bonds. The Hall–Kier alpha value is -1.39. The van der Waals surface area contributed by atoms with Gasteiger partial charge in [-0.3, -0.25) is 0 Å². The SMILES string of the molecule is C#CCSCCNC(=O)N1CC(C)(OCC(=O)O)C1. The first-order valence-electron chi connectivity index (χ1n) is 5.86. The van der Waals surface area contributed by atoms with Gasteiger partial charge in [0.25, 0.3) is 0 Å². The van der Waals surface area contributed by atoms with Crippen molar-refractivity contribution in [3.05, 3.63) is 0 Å². The van der Waals surface area contributed by atoms with Crippen LogP contribution in [0, 0.1) is 12.3 Å². The van der Waals surface area contributed by atoms with E-state index in [2.05, 4.69) is 11.2 Å². The summed E-state index contributed by atoms with van der Waals surface area (Å²) >= 11 is 1.58. The van der Waals surface area contributed by atoms with Crippen LogP contribution in [-0.2, 0) is 9.53 Å². The summed E-state index contributed by atoms with van der Waals surface area (Å²) in [7, 11) is 0. The average Bonchev–Trinajstić information content (AvgIpc) is 2.32. The summed E-state index contributed by atoms with van der Waals surface area (Å²) in [5, 5.41) is 11.3. The fourth-order valence-corrected chi connectivity index (χ4v) is 2.21. The van der Waals surface area contributed by atoms with Gasteiger partial charge in [0.05, 0.1) is 18.8 Å². The number of carboxylic acids is 1. The molecule has 106 valence electrons. The summed E-state index contributed by atoms with van der Waals surface area (Å²) < 4.78 is 5.22. The van der Waals surface area contributed by atoms with Gasteiger partial charge in [-0.1, -0.05) is 5.92 Å². The number of urea groups is 1. The Morgan fingerprint density at radius 3 is 2.84 bits per heavy atom. The first-order valence-corrected chi connectivity index (χ1v) is 7.02. The molecule has 0 atom stereocenters. The minimum Gasteiger partial charge on any atom is -0.480 e. The van der Waals surface area contributed by atoms with Crippen LogP contribution in [0.2, 0.25) is 0 Å². The van der Waals surface area contributed by atoms with Gasteiger partial charge in [-0.15, -0.1) is 18.2 Å². The van der Waals surface area contributed by atoms with Gasteiger partial charge in [-0.25, -0.2) is 9.59 Å². The Kier molecular flexibility index (Phi) is 5.99. The molecule has 0 aromatic carbocycles. The zero-order valence-corrected chi connectivity index (χ0v) is 11.7. The minimum absolute atomic E-state index is 0.155. The Labute approximate surface area is 116 Å². The van der Waals surface area contributed by atoms with Crippen molar-refractivity contribution in [2.45, 2.75) is 12.5 Å². The number of hydrogen-bond donors (Lipinski definition) is 2. The Balaban J connectivity index is 2.13. The molecular formula is C12H18N2O4S. The molecule has 1 aliphatic heterocycles. The number of carbonyl (C=O) groups excluding carboxylic acids is 1. The van der Waals surface area contributed by atoms with Gasteiger partial charge >= 0.3 is 12.0 Å². The lowest BCUT2D eigenvalue weighted by atomic mass is 9.97. The second-order valence-electron chi connectivity index (χ2n) is 4.48. The number of aliphatic carboxylic acids is 1. The summed E-state index contributed by atoms with van der Waals surface area (Å²) in [6, 6.07) is -0.155. The lowest BCUT2D eigenvalue weighted by Gasteiger charge is -2.46. The number of carbonyl (C=O) groups is 2. The molecule has 1 saturated heterocycles. The van der Waals surface area contributed by atoms with Crippen molar-refractivity contribution in [2.24, 2.45) is 0 Å². The standard InChI is InChI=1S/C12H18N2O4S/c1-3-5-19-6-4-13-11(17)14-8-12(2,9-14)18-7-10(15)16/h1H,4-9H2,2H3,(H,13,17)(H,15,16). The van der Waals surface area contributed by atoms with Gasteiger partial charge in [-0.2, -0.15) is 0 Å². The molecule has 0 bridgehead atoms. The van der Waals surface area contributed by atoms with Crippen molar-refractivity contribution in [3.63, 3.8) is 0 Å². The smallest absolute Gasteiger partial charge is 0.329 e. The highest BCUT2D eigenvalue weighted by Gasteiger charge is 2.42. The molecule has 0 aromatic rings. The van der Waals surface area contributed by atoms with Crippen LogP contribution < -0.4 is 5.32 Å². The van der Waals surface area contributed by atoms with E-state index in [1.165, 1.54) is 0 Å². The zero-order chi connectivity index (χ0) is 14.3. The monoisotopic (exact) mass is 286 g/mol. The number of likely N-dealkylation sites (tertiary alicyclic amines) is 1. The number of amides is 2. The predicted octanol–water partition coefficient (Wildman–Crippen LogP) is 0.238. The van der Waals surface area contributed by atoms with Gasteiger partial charge in [-0.05, 0) is 6.92 Å². The topological polar surface area (TPSA) is 78.9 Å². The number of thioether (sulfide) groups is 1. The molecular weight excluding hydrogens is 268 g/mol. The summed E-state index contributed by atoms with van der Waals surface area (Å²) in [5.74, 6) is 2.92. The van der Waals surface area contributed by atoms with Gasteiger partial charge in [0, 0.05) is 12.3 Å². The molecule has 0 aromatic heterocycles. The molecule has 0 saturated carbocycles. The van der Waals surface area contributed by atoms with Crippen LogP contribution in [0.1, 0.15) is 6.92 Å². The van der Waals surface area contributed by atoms with Crippen LogP contribution in [0.5, 0.6) is 0 Å². The second kappa shape index (κ2) is 7.26. The van der Waals surface area contributed by atoms with E-state index in [9.17, 15) is 9.59 Å². The van der Waals surface area contributed by atoms with Crippen molar-refractivity contribution in [1.82, 2.24) is 10.2 Å². The molecule has 0 spiro atoms. The molecule has 2 N–H and O–H groups in total. The average molecular weight is 286 g/mol. The van der Waals surface area contributed by atoms with Gasteiger partial charge in [0.15, 0.2) is 0 Å². The number of hydrogen-bond acceptors (Lipinski definition) is 4. The number of ether oxygens (including phenoxy) is 1. The van der Waals surface area contributed by atoms with Crippen molar-refractivity contribution < 1.29 is 19.4 Å². The van der Waals surface area contributed by atoms with E-state index in [0.29, 0.717) is 25.4 Å². The second-order valence-corrected chi connectivity index (χ2v) is 5.58. The van der Waals surface area contributed by atoms with Gasteiger partial charge in [0.2, 0.25) is 0 Å². The van der Waals surface area contributed by atoms with Crippen molar-refractivity contribution in [3.8, 4) is 12.3 Å². The summed E-state index contributed by atoms with van der Waals surface area (Å²) in [5.41, 5.74) is -0.548. The summed E-state index contributed by atoms with van der Waals surface area (Å²) in [6.07, 6.45) is 5.11. The highest BCUT2D eigenvalue weighted by molar-refractivity contribution is 7.99. The van der Waals surface area contributed by atoms with Crippen LogP contribution in [-0.4, -0.2) is 65.4 Å². The highest BCUT2D eigenvalue weighted by Crippen LogP contribution is 2.24. The van der Waals surface area contributed by atoms with Crippen LogP contribution >= 0.6 is 11.8 Å². The third-order valence-corrected chi connectivity index (χ3v) is 3.45. The van der Waals surface area contributed by atoms with Crippen LogP contribution in [0.3, 0.4) is 0 Å². The minimum atomic E-state index is -1.00. The third-order valence-electron chi connectivity index (χ3n) is 2.59.